The zero-order valence-electron chi connectivity index (χ0n) is 18.6. The van der Waals surface area contributed by atoms with E-state index in [1.165, 1.54) is 11.1 Å². The maximum atomic E-state index is 12.8. The second kappa shape index (κ2) is 8.70. The van der Waals surface area contributed by atoms with Crippen molar-refractivity contribution in [3.63, 3.8) is 0 Å². The molecule has 1 N–H and O–H groups in total. The number of pyridine rings is 1. The molecule has 33 heavy (non-hydrogen) atoms. The molecule has 3 heterocycles. The molecule has 0 bridgehead atoms. The molecule has 5 aromatic rings. The standard InChI is InChI=1S/C26H24N6O/c1-18-8-6-7-11-21(18)16-31-15-13-23(30-31)28-24(33)17-32-26-25(19(2)29-32)22(12-14-27-26)20-9-4-3-5-10-20/h3-15H,16-17H2,1-2H3,(H,28,30,33). The van der Waals surface area contributed by atoms with E-state index in [0.29, 0.717) is 18.0 Å². The Hall–Kier alpha value is -4.26. The van der Waals surface area contributed by atoms with Gasteiger partial charge < -0.3 is 5.32 Å². The predicted octanol–water partition coefficient (Wildman–Crippen LogP) is 4.60. The van der Waals surface area contributed by atoms with Gasteiger partial charge in [0, 0.05) is 23.8 Å². The van der Waals surface area contributed by atoms with Crippen molar-refractivity contribution in [2.24, 2.45) is 0 Å². The van der Waals surface area contributed by atoms with Gasteiger partial charge in [0.05, 0.1) is 12.2 Å². The van der Waals surface area contributed by atoms with Crippen LogP contribution >= 0.6 is 0 Å². The number of aromatic nitrogens is 5. The number of hydrogen-bond donors (Lipinski definition) is 1. The van der Waals surface area contributed by atoms with Crippen LogP contribution in [0.5, 0.6) is 0 Å². The van der Waals surface area contributed by atoms with Crippen LogP contribution in [0.1, 0.15) is 16.8 Å². The fourth-order valence-corrected chi connectivity index (χ4v) is 4.05. The van der Waals surface area contributed by atoms with Crippen molar-refractivity contribution < 1.29 is 4.79 Å². The van der Waals surface area contributed by atoms with Crippen LogP contribution in [0.4, 0.5) is 5.82 Å². The highest BCUT2D eigenvalue weighted by molar-refractivity contribution is 5.96. The number of benzene rings is 2. The Bertz CT molecular complexity index is 1430. The minimum absolute atomic E-state index is 0.0558. The highest BCUT2D eigenvalue weighted by Gasteiger charge is 2.16. The van der Waals surface area contributed by atoms with Crippen molar-refractivity contribution in [1.29, 1.82) is 0 Å². The Morgan fingerprint density at radius 1 is 0.939 bits per heavy atom. The van der Waals surface area contributed by atoms with Gasteiger partial charge in [-0.15, -0.1) is 0 Å². The normalized spacial score (nSPS) is 11.1. The lowest BCUT2D eigenvalue weighted by Crippen LogP contribution is -2.20. The largest absolute Gasteiger partial charge is 0.308 e. The molecule has 3 aromatic heterocycles. The van der Waals surface area contributed by atoms with Gasteiger partial charge in [0.15, 0.2) is 11.5 Å². The van der Waals surface area contributed by atoms with Crippen LogP contribution in [-0.4, -0.2) is 30.5 Å². The van der Waals surface area contributed by atoms with Crippen molar-refractivity contribution in [3.8, 4) is 11.1 Å². The molecule has 0 unspecified atom stereocenters. The Balaban J connectivity index is 1.33. The van der Waals surface area contributed by atoms with Gasteiger partial charge in [0.25, 0.3) is 0 Å². The molecule has 7 heteroatoms. The third-order valence-corrected chi connectivity index (χ3v) is 5.69. The van der Waals surface area contributed by atoms with E-state index in [1.54, 1.807) is 16.9 Å². The number of anilines is 1. The molecule has 0 radical (unpaired) electrons. The van der Waals surface area contributed by atoms with Crippen LogP contribution in [0.25, 0.3) is 22.2 Å². The van der Waals surface area contributed by atoms with Crippen LogP contribution in [-0.2, 0) is 17.9 Å². The van der Waals surface area contributed by atoms with E-state index < -0.39 is 0 Å². The minimum atomic E-state index is -0.201. The smallest absolute Gasteiger partial charge is 0.247 e. The van der Waals surface area contributed by atoms with Crippen molar-refractivity contribution in [3.05, 3.63) is 95.9 Å². The van der Waals surface area contributed by atoms with Gasteiger partial charge in [0.2, 0.25) is 5.91 Å². The highest BCUT2D eigenvalue weighted by atomic mass is 16.2. The molecule has 0 aliphatic rings. The molecule has 0 saturated carbocycles. The molecule has 0 atom stereocenters. The summed E-state index contributed by atoms with van der Waals surface area (Å²) in [5.74, 6) is 0.312. The minimum Gasteiger partial charge on any atom is -0.308 e. The van der Waals surface area contributed by atoms with Crippen LogP contribution < -0.4 is 5.32 Å². The van der Waals surface area contributed by atoms with E-state index in [9.17, 15) is 4.79 Å². The third kappa shape index (κ3) is 4.25. The van der Waals surface area contributed by atoms with Gasteiger partial charge in [-0.1, -0.05) is 54.6 Å². The first-order valence-corrected chi connectivity index (χ1v) is 10.8. The number of aryl methyl sites for hydroxylation is 2. The highest BCUT2D eigenvalue weighted by Crippen LogP contribution is 2.29. The fraction of sp³-hybridized carbons (Fsp3) is 0.154. The molecule has 0 aliphatic heterocycles. The quantitative estimate of drug-likeness (QED) is 0.422. The monoisotopic (exact) mass is 436 g/mol. The fourth-order valence-electron chi connectivity index (χ4n) is 4.05. The number of rotatable bonds is 6. The Kier molecular flexibility index (Phi) is 5.44. The molecule has 1 amide bonds. The molecular weight excluding hydrogens is 412 g/mol. The zero-order valence-corrected chi connectivity index (χ0v) is 18.6. The summed E-state index contributed by atoms with van der Waals surface area (Å²) in [7, 11) is 0. The number of nitrogens with one attached hydrogen (secondary N) is 1. The predicted molar refractivity (Wildman–Crippen MR) is 129 cm³/mol. The number of nitrogens with zero attached hydrogens (tertiary/aromatic N) is 5. The lowest BCUT2D eigenvalue weighted by atomic mass is 10.0. The Morgan fingerprint density at radius 3 is 2.55 bits per heavy atom. The van der Waals surface area contributed by atoms with Crippen LogP contribution in [0, 0.1) is 13.8 Å². The lowest BCUT2D eigenvalue weighted by Gasteiger charge is -2.06. The van der Waals surface area contributed by atoms with Crippen LogP contribution in [0.2, 0.25) is 0 Å². The molecule has 0 saturated heterocycles. The van der Waals surface area contributed by atoms with Gasteiger partial charge in [-0.3, -0.25) is 9.48 Å². The first kappa shape index (κ1) is 20.6. The number of amides is 1. The van der Waals surface area contributed by atoms with E-state index in [4.69, 9.17) is 0 Å². The molecule has 0 fully saturated rings. The molecular formula is C26H24N6O. The van der Waals surface area contributed by atoms with Crippen molar-refractivity contribution in [1.82, 2.24) is 24.5 Å². The van der Waals surface area contributed by atoms with E-state index in [0.717, 1.165) is 22.2 Å². The first-order chi connectivity index (χ1) is 16.1. The van der Waals surface area contributed by atoms with Crippen LogP contribution in [0.3, 0.4) is 0 Å². The topological polar surface area (TPSA) is 77.6 Å². The van der Waals surface area contributed by atoms with Crippen LogP contribution in [0.15, 0.2) is 79.1 Å². The maximum Gasteiger partial charge on any atom is 0.247 e. The second-order valence-corrected chi connectivity index (χ2v) is 8.04. The second-order valence-electron chi connectivity index (χ2n) is 8.04. The number of carbonyl (C=O) groups is 1. The van der Waals surface area contributed by atoms with Gasteiger partial charge in [-0.05, 0) is 42.2 Å². The summed E-state index contributed by atoms with van der Waals surface area (Å²) < 4.78 is 3.47. The summed E-state index contributed by atoms with van der Waals surface area (Å²) in [6.45, 7) is 4.73. The number of hydrogen-bond acceptors (Lipinski definition) is 4. The van der Waals surface area contributed by atoms with E-state index in [2.05, 4.69) is 51.7 Å². The SMILES string of the molecule is Cc1ccccc1Cn1ccc(NC(=O)Cn2nc(C)c3c(-c4ccccc4)ccnc32)n1. The van der Waals surface area contributed by atoms with Gasteiger partial charge in [-0.25, -0.2) is 9.67 Å². The van der Waals surface area contributed by atoms with Gasteiger partial charge in [-0.2, -0.15) is 10.2 Å². The summed E-state index contributed by atoms with van der Waals surface area (Å²) in [6, 6.07) is 22.1. The molecule has 7 nitrogen and oxygen atoms in total. The summed E-state index contributed by atoms with van der Waals surface area (Å²) in [6.07, 6.45) is 3.62. The van der Waals surface area contributed by atoms with E-state index >= 15 is 0 Å². The third-order valence-electron chi connectivity index (χ3n) is 5.69. The summed E-state index contributed by atoms with van der Waals surface area (Å²) in [4.78, 5) is 17.3. The van der Waals surface area contributed by atoms with Crippen molar-refractivity contribution in [2.45, 2.75) is 26.9 Å². The molecule has 164 valence electrons. The van der Waals surface area contributed by atoms with Crippen molar-refractivity contribution >= 4 is 22.8 Å². The summed E-state index contributed by atoms with van der Waals surface area (Å²) in [5, 5.41) is 12.9. The average molecular weight is 437 g/mol. The number of fused-ring (bicyclic) bond motifs is 1. The Morgan fingerprint density at radius 2 is 1.73 bits per heavy atom. The zero-order chi connectivity index (χ0) is 22.8. The first-order valence-electron chi connectivity index (χ1n) is 10.8. The van der Waals surface area contributed by atoms with Gasteiger partial charge in [0.1, 0.15) is 6.54 Å². The molecule has 0 aliphatic carbocycles. The Labute approximate surface area is 191 Å². The summed E-state index contributed by atoms with van der Waals surface area (Å²) in [5.41, 5.74) is 6.08. The lowest BCUT2D eigenvalue weighted by molar-refractivity contribution is -0.116. The molecule has 2 aromatic carbocycles. The van der Waals surface area contributed by atoms with E-state index in [-0.39, 0.29) is 12.5 Å². The molecule has 5 rings (SSSR count). The maximum absolute atomic E-state index is 12.8. The average Bonchev–Trinajstić information content (AvgIpc) is 3.39. The van der Waals surface area contributed by atoms with Gasteiger partial charge >= 0.3 is 0 Å². The van der Waals surface area contributed by atoms with Crippen molar-refractivity contribution in [2.75, 3.05) is 5.32 Å². The molecule has 0 spiro atoms. The van der Waals surface area contributed by atoms with E-state index in [1.807, 2.05) is 54.2 Å². The summed E-state index contributed by atoms with van der Waals surface area (Å²) >= 11 is 0. The number of carbonyl (C=O) groups excluding carboxylic acids is 1.